The molecule has 2 aliphatic heterocycles. The van der Waals surface area contributed by atoms with E-state index in [1.165, 1.54) is 18.4 Å². The number of hydrogen-bond donors (Lipinski definition) is 0. The highest BCUT2D eigenvalue weighted by Gasteiger charge is 2.31. The summed E-state index contributed by atoms with van der Waals surface area (Å²) in [6.07, 6.45) is 6.85. The first-order valence-corrected chi connectivity index (χ1v) is 8.54. The number of carbonyl (C=O) groups is 1. The van der Waals surface area contributed by atoms with Crippen molar-refractivity contribution in [2.75, 3.05) is 37.6 Å². The van der Waals surface area contributed by atoms with Crippen molar-refractivity contribution >= 4 is 11.8 Å². The Balaban J connectivity index is 1.54. The lowest BCUT2D eigenvalue weighted by Crippen LogP contribution is -2.43. The second-order valence-electron chi connectivity index (χ2n) is 6.77. The zero-order chi connectivity index (χ0) is 14.9. The Morgan fingerprint density at radius 3 is 2.73 bits per heavy atom. The molecule has 0 N–H and O–H groups in total. The molecule has 1 saturated carbocycles. The number of hydrogen-bond acceptors (Lipinski definition) is 3. The highest BCUT2D eigenvalue weighted by molar-refractivity contribution is 5.75. The standard InChI is InChI=1S/C17H24N4O/c22-17(19-8-1-2-9-19)21-11-10-20(12-14-5-6-14)16-15(13-21)4-3-7-18-16/h3-4,7,14H,1-2,5-6,8-13H2. The van der Waals surface area contributed by atoms with Gasteiger partial charge in [-0.2, -0.15) is 0 Å². The summed E-state index contributed by atoms with van der Waals surface area (Å²) in [4.78, 5) is 23.7. The van der Waals surface area contributed by atoms with Gasteiger partial charge in [0.1, 0.15) is 5.82 Å². The van der Waals surface area contributed by atoms with Crippen LogP contribution in [0.15, 0.2) is 18.3 Å². The fraction of sp³-hybridized carbons (Fsp3) is 0.647. The quantitative estimate of drug-likeness (QED) is 0.841. The summed E-state index contributed by atoms with van der Waals surface area (Å²) in [5.74, 6) is 1.92. The van der Waals surface area contributed by atoms with Gasteiger partial charge < -0.3 is 14.7 Å². The number of fused-ring (bicyclic) bond motifs is 1. The van der Waals surface area contributed by atoms with Crippen molar-refractivity contribution in [3.8, 4) is 0 Å². The molecule has 2 fully saturated rings. The first kappa shape index (κ1) is 13.9. The Morgan fingerprint density at radius 2 is 1.95 bits per heavy atom. The van der Waals surface area contributed by atoms with E-state index in [9.17, 15) is 4.79 Å². The predicted molar refractivity (Wildman–Crippen MR) is 85.8 cm³/mol. The molecule has 0 spiro atoms. The zero-order valence-electron chi connectivity index (χ0n) is 13.1. The molecule has 0 atom stereocenters. The molecule has 1 aliphatic carbocycles. The van der Waals surface area contributed by atoms with Crippen LogP contribution in [0, 0.1) is 5.92 Å². The molecule has 22 heavy (non-hydrogen) atoms. The van der Waals surface area contributed by atoms with E-state index in [4.69, 9.17) is 0 Å². The number of carbonyl (C=O) groups excluding carboxylic acids is 1. The molecule has 5 heteroatoms. The summed E-state index contributed by atoms with van der Waals surface area (Å²) < 4.78 is 0. The minimum atomic E-state index is 0.209. The van der Waals surface area contributed by atoms with Gasteiger partial charge in [0.15, 0.2) is 0 Å². The van der Waals surface area contributed by atoms with Gasteiger partial charge in [0.05, 0.1) is 6.54 Å². The zero-order valence-corrected chi connectivity index (χ0v) is 13.1. The molecule has 0 unspecified atom stereocenters. The van der Waals surface area contributed by atoms with Crippen molar-refractivity contribution < 1.29 is 4.79 Å². The van der Waals surface area contributed by atoms with Gasteiger partial charge in [-0.05, 0) is 37.7 Å². The van der Waals surface area contributed by atoms with E-state index in [0.29, 0.717) is 6.54 Å². The van der Waals surface area contributed by atoms with Crippen LogP contribution in [0.4, 0.5) is 10.6 Å². The Hall–Kier alpha value is -1.78. The van der Waals surface area contributed by atoms with Crippen LogP contribution in [-0.4, -0.2) is 53.5 Å². The molecule has 1 aromatic heterocycles. The largest absolute Gasteiger partial charge is 0.354 e. The van der Waals surface area contributed by atoms with E-state index >= 15 is 0 Å². The maximum atomic E-state index is 12.7. The van der Waals surface area contributed by atoms with Gasteiger partial charge in [0.2, 0.25) is 0 Å². The maximum Gasteiger partial charge on any atom is 0.320 e. The van der Waals surface area contributed by atoms with E-state index in [0.717, 1.165) is 57.3 Å². The number of rotatable bonds is 2. The molecule has 0 bridgehead atoms. The highest BCUT2D eigenvalue weighted by Crippen LogP contribution is 2.33. The van der Waals surface area contributed by atoms with E-state index < -0.39 is 0 Å². The van der Waals surface area contributed by atoms with Crippen LogP contribution >= 0.6 is 0 Å². The normalized spacial score (nSPS) is 21.7. The summed E-state index contributed by atoms with van der Waals surface area (Å²) in [7, 11) is 0. The molecule has 0 aromatic carbocycles. The van der Waals surface area contributed by atoms with Crippen LogP contribution in [0.3, 0.4) is 0 Å². The van der Waals surface area contributed by atoms with E-state index in [2.05, 4.69) is 16.0 Å². The molecule has 0 radical (unpaired) electrons. The summed E-state index contributed by atoms with van der Waals surface area (Å²) in [6, 6.07) is 4.32. The smallest absolute Gasteiger partial charge is 0.320 e. The summed E-state index contributed by atoms with van der Waals surface area (Å²) in [6.45, 7) is 5.33. The van der Waals surface area contributed by atoms with Crippen LogP contribution in [0.25, 0.3) is 0 Å². The van der Waals surface area contributed by atoms with Crippen molar-refractivity contribution in [2.45, 2.75) is 32.2 Å². The van der Waals surface area contributed by atoms with Crippen LogP contribution in [0.5, 0.6) is 0 Å². The Kier molecular flexibility index (Phi) is 3.64. The number of amides is 2. The lowest BCUT2D eigenvalue weighted by Gasteiger charge is -2.27. The Bertz CT molecular complexity index is 551. The van der Waals surface area contributed by atoms with Crippen molar-refractivity contribution in [1.29, 1.82) is 0 Å². The second kappa shape index (κ2) is 5.78. The SMILES string of the molecule is O=C(N1CCCC1)N1CCN(CC2CC2)c2ncccc2C1. The molecule has 4 rings (SSSR count). The molecule has 1 saturated heterocycles. The number of urea groups is 1. The number of anilines is 1. The molecule has 2 amide bonds. The van der Waals surface area contributed by atoms with Gasteiger partial charge in [-0.1, -0.05) is 6.07 Å². The van der Waals surface area contributed by atoms with Crippen LogP contribution in [0.2, 0.25) is 0 Å². The molecule has 1 aromatic rings. The van der Waals surface area contributed by atoms with Crippen LogP contribution in [-0.2, 0) is 6.54 Å². The monoisotopic (exact) mass is 300 g/mol. The second-order valence-corrected chi connectivity index (χ2v) is 6.77. The number of likely N-dealkylation sites (tertiary alicyclic amines) is 1. The van der Waals surface area contributed by atoms with E-state index in [-0.39, 0.29) is 6.03 Å². The summed E-state index contributed by atoms with van der Waals surface area (Å²) >= 11 is 0. The number of aromatic nitrogens is 1. The van der Waals surface area contributed by atoms with Gasteiger partial charge >= 0.3 is 6.03 Å². The van der Waals surface area contributed by atoms with Gasteiger partial charge in [-0.15, -0.1) is 0 Å². The fourth-order valence-corrected chi connectivity index (χ4v) is 3.53. The lowest BCUT2D eigenvalue weighted by atomic mass is 10.2. The third-order valence-electron chi connectivity index (χ3n) is 4.99. The van der Waals surface area contributed by atoms with Crippen molar-refractivity contribution in [3.63, 3.8) is 0 Å². The average Bonchev–Trinajstić information content (AvgIpc) is 3.24. The van der Waals surface area contributed by atoms with E-state index in [1.54, 1.807) is 0 Å². The first-order valence-electron chi connectivity index (χ1n) is 8.54. The van der Waals surface area contributed by atoms with Crippen LogP contribution in [0.1, 0.15) is 31.2 Å². The fourth-order valence-electron chi connectivity index (χ4n) is 3.53. The lowest BCUT2D eigenvalue weighted by molar-refractivity contribution is 0.162. The van der Waals surface area contributed by atoms with Crippen LogP contribution < -0.4 is 4.90 Å². The van der Waals surface area contributed by atoms with Gasteiger partial charge in [0, 0.05) is 44.5 Å². The topological polar surface area (TPSA) is 39.7 Å². The van der Waals surface area contributed by atoms with Gasteiger partial charge in [-0.25, -0.2) is 9.78 Å². The first-order chi connectivity index (χ1) is 10.8. The van der Waals surface area contributed by atoms with Gasteiger partial charge in [0.25, 0.3) is 0 Å². The molecule has 5 nitrogen and oxygen atoms in total. The molecule has 3 aliphatic rings. The summed E-state index contributed by atoms with van der Waals surface area (Å²) in [5, 5.41) is 0. The molecular formula is C17H24N4O. The number of pyridine rings is 1. The van der Waals surface area contributed by atoms with E-state index in [1.807, 2.05) is 22.1 Å². The Morgan fingerprint density at radius 1 is 1.14 bits per heavy atom. The van der Waals surface area contributed by atoms with Crippen molar-refractivity contribution in [3.05, 3.63) is 23.9 Å². The Labute approximate surface area is 131 Å². The predicted octanol–water partition coefficient (Wildman–Crippen LogP) is 2.33. The third-order valence-corrected chi connectivity index (χ3v) is 4.99. The van der Waals surface area contributed by atoms with Crippen molar-refractivity contribution in [2.24, 2.45) is 5.92 Å². The minimum absolute atomic E-state index is 0.209. The minimum Gasteiger partial charge on any atom is -0.354 e. The highest BCUT2D eigenvalue weighted by atomic mass is 16.2. The number of nitrogens with zero attached hydrogens (tertiary/aromatic N) is 4. The molecule has 118 valence electrons. The average molecular weight is 300 g/mol. The van der Waals surface area contributed by atoms with Crippen molar-refractivity contribution in [1.82, 2.24) is 14.8 Å². The maximum absolute atomic E-state index is 12.7. The van der Waals surface area contributed by atoms with Gasteiger partial charge in [-0.3, -0.25) is 0 Å². The third kappa shape index (κ3) is 2.76. The summed E-state index contributed by atoms with van der Waals surface area (Å²) in [5.41, 5.74) is 1.19. The molecule has 3 heterocycles. The molecular weight excluding hydrogens is 276 g/mol.